The van der Waals surface area contributed by atoms with Crippen LogP contribution in [0.1, 0.15) is 61.9 Å². The number of thiazole rings is 1. The maximum atomic E-state index is 4.99. The summed E-state index contributed by atoms with van der Waals surface area (Å²) in [4.78, 5) is 11.8. The number of fused-ring (bicyclic) bond motifs is 1. The molecule has 0 radical (unpaired) electrons. The van der Waals surface area contributed by atoms with Crippen LogP contribution in [0.25, 0.3) is 0 Å². The van der Waals surface area contributed by atoms with Gasteiger partial charge < -0.3 is 9.80 Å². The number of hydrogen-bond donors (Lipinski definition) is 0. The molecule has 128 valence electrons. The van der Waals surface area contributed by atoms with Crippen LogP contribution in [-0.2, 0) is 12.8 Å². The van der Waals surface area contributed by atoms with E-state index in [2.05, 4.69) is 9.80 Å². The van der Waals surface area contributed by atoms with Gasteiger partial charge in [-0.05, 0) is 38.1 Å². The van der Waals surface area contributed by atoms with Crippen molar-refractivity contribution in [3.05, 3.63) is 10.6 Å². The Hall–Kier alpha value is -0.610. The number of hydrogen-bond acceptors (Lipinski definition) is 4. The van der Waals surface area contributed by atoms with E-state index in [4.69, 9.17) is 4.98 Å². The van der Waals surface area contributed by atoms with E-state index >= 15 is 0 Å². The van der Waals surface area contributed by atoms with Gasteiger partial charge in [0.15, 0.2) is 5.13 Å². The lowest BCUT2D eigenvalue weighted by molar-refractivity contribution is 0.239. The highest BCUT2D eigenvalue weighted by Crippen LogP contribution is 2.31. The zero-order chi connectivity index (χ0) is 15.5. The normalized spacial score (nSPS) is 23.9. The van der Waals surface area contributed by atoms with Crippen LogP contribution in [0.15, 0.2) is 0 Å². The van der Waals surface area contributed by atoms with Gasteiger partial charge in [0.05, 0.1) is 5.69 Å². The molecule has 3 nitrogen and oxygen atoms in total. The van der Waals surface area contributed by atoms with E-state index in [1.54, 1.807) is 4.88 Å². The van der Waals surface area contributed by atoms with Crippen LogP contribution in [-0.4, -0.2) is 42.6 Å². The van der Waals surface area contributed by atoms with E-state index in [1.807, 2.05) is 11.3 Å². The molecule has 0 atom stereocenters. The summed E-state index contributed by atoms with van der Waals surface area (Å²) in [5, 5.41) is 1.31. The fourth-order valence-electron chi connectivity index (χ4n) is 4.50. The second-order valence-electron chi connectivity index (χ2n) is 7.69. The lowest BCUT2D eigenvalue weighted by Gasteiger charge is -2.26. The van der Waals surface area contributed by atoms with Gasteiger partial charge in [-0.2, -0.15) is 0 Å². The van der Waals surface area contributed by atoms with Gasteiger partial charge in [0.1, 0.15) is 0 Å². The summed E-state index contributed by atoms with van der Waals surface area (Å²) in [6.07, 6.45) is 13.9. The molecule has 2 aliphatic heterocycles. The first-order chi connectivity index (χ1) is 11.4. The van der Waals surface area contributed by atoms with Crippen molar-refractivity contribution in [2.45, 2.75) is 64.2 Å². The molecule has 0 aromatic carbocycles. The van der Waals surface area contributed by atoms with Crippen molar-refractivity contribution in [3.8, 4) is 0 Å². The smallest absolute Gasteiger partial charge is 0.185 e. The van der Waals surface area contributed by atoms with Gasteiger partial charge in [0, 0.05) is 37.5 Å². The average Bonchev–Trinajstić information content (AvgIpc) is 3.22. The van der Waals surface area contributed by atoms with Gasteiger partial charge in [-0.3, -0.25) is 0 Å². The highest BCUT2D eigenvalue weighted by molar-refractivity contribution is 7.15. The molecule has 0 spiro atoms. The Morgan fingerprint density at radius 2 is 1.70 bits per heavy atom. The van der Waals surface area contributed by atoms with Gasteiger partial charge in [-0.25, -0.2) is 4.98 Å². The van der Waals surface area contributed by atoms with E-state index < -0.39 is 0 Å². The number of anilines is 1. The molecule has 4 heteroatoms. The summed E-state index contributed by atoms with van der Waals surface area (Å²) in [7, 11) is 0. The van der Waals surface area contributed by atoms with Crippen LogP contribution in [0.2, 0.25) is 0 Å². The van der Waals surface area contributed by atoms with Gasteiger partial charge in [-0.1, -0.05) is 32.1 Å². The predicted octanol–water partition coefficient (Wildman–Crippen LogP) is 4.11. The maximum absolute atomic E-state index is 4.99. The van der Waals surface area contributed by atoms with Crippen LogP contribution < -0.4 is 4.90 Å². The molecule has 23 heavy (non-hydrogen) atoms. The summed E-state index contributed by atoms with van der Waals surface area (Å²) >= 11 is 1.98. The predicted molar refractivity (Wildman–Crippen MR) is 98.6 cm³/mol. The molecule has 0 N–H and O–H groups in total. The summed E-state index contributed by atoms with van der Waals surface area (Å²) in [5.41, 5.74) is 1.41. The van der Waals surface area contributed by atoms with Crippen LogP contribution in [0.5, 0.6) is 0 Å². The molecule has 1 aromatic rings. The Kier molecular flexibility index (Phi) is 5.20. The maximum Gasteiger partial charge on any atom is 0.185 e. The van der Waals surface area contributed by atoms with Crippen LogP contribution in [0.4, 0.5) is 5.13 Å². The Morgan fingerprint density at radius 1 is 0.913 bits per heavy atom. The molecule has 4 rings (SSSR count). The number of nitrogens with zero attached hydrogens (tertiary/aromatic N) is 3. The summed E-state index contributed by atoms with van der Waals surface area (Å²) in [6.45, 7) is 6.24. The fourth-order valence-corrected chi connectivity index (χ4v) is 5.65. The minimum atomic E-state index is 1.01. The minimum Gasteiger partial charge on any atom is -0.348 e. The number of rotatable bonds is 4. The highest BCUT2D eigenvalue weighted by Gasteiger charge is 2.22. The Balaban J connectivity index is 1.29. The standard InChI is InChI=1S/C19H31N3S/c1-2-6-16(7-3-1)8-13-21-14-9-17-18(10-15-21)23-19(20-17)22-11-4-5-12-22/h16H,1-15H2. The second-order valence-corrected chi connectivity index (χ2v) is 8.76. The molecule has 1 saturated carbocycles. The molecular formula is C19H31N3S. The molecule has 0 amide bonds. The molecule has 3 heterocycles. The van der Waals surface area contributed by atoms with Crippen molar-refractivity contribution in [1.29, 1.82) is 0 Å². The van der Waals surface area contributed by atoms with E-state index in [0.717, 1.165) is 5.92 Å². The third-order valence-corrected chi connectivity index (χ3v) is 7.26. The molecule has 2 fully saturated rings. The van der Waals surface area contributed by atoms with Crippen molar-refractivity contribution in [2.24, 2.45) is 5.92 Å². The quantitative estimate of drug-likeness (QED) is 0.826. The van der Waals surface area contributed by atoms with Crippen LogP contribution in [0, 0.1) is 5.92 Å². The molecule has 1 aliphatic carbocycles. The third-order valence-electron chi connectivity index (χ3n) is 6.04. The molecular weight excluding hydrogens is 302 g/mol. The largest absolute Gasteiger partial charge is 0.348 e. The van der Waals surface area contributed by atoms with Gasteiger partial charge in [0.2, 0.25) is 0 Å². The average molecular weight is 334 g/mol. The minimum absolute atomic E-state index is 1.01. The molecule has 1 aromatic heterocycles. The van der Waals surface area contributed by atoms with Crippen molar-refractivity contribution in [2.75, 3.05) is 37.6 Å². The Bertz CT molecular complexity index is 475. The summed E-state index contributed by atoms with van der Waals surface area (Å²) in [6, 6.07) is 0. The van der Waals surface area contributed by atoms with Gasteiger partial charge in [0.25, 0.3) is 0 Å². The topological polar surface area (TPSA) is 19.4 Å². The molecule has 0 unspecified atom stereocenters. The van der Waals surface area contributed by atoms with Crippen LogP contribution >= 0.6 is 11.3 Å². The SMILES string of the molecule is C1CCC(CCN2CCc3nc(N4CCCC4)sc3CC2)CC1. The van der Waals surface area contributed by atoms with E-state index in [1.165, 1.54) is 108 Å². The fraction of sp³-hybridized carbons (Fsp3) is 0.842. The zero-order valence-electron chi connectivity index (χ0n) is 14.4. The van der Waals surface area contributed by atoms with Crippen molar-refractivity contribution in [1.82, 2.24) is 9.88 Å². The van der Waals surface area contributed by atoms with Crippen LogP contribution in [0.3, 0.4) is 0 Å². The Morgan fingerprint density at radius 3 is 2.52 bits per heavy atom. The van der Waals surface area contributed by atoms with Crippen molar-refractivity contribution < 1.29 is 0 Å². The first-order valence-corrected chi connectivity index (χ1v) is 10.7. The summed E-state index contributed by atoms with van der Waals surface area (Å²) in [5.74, 6) is 1.01. The van der Waals surface area contributed by atoms with E-state index in [0.29, 0.717) is 0 Å². The first-order valence-electron chi connectivity index (χ1n) is 9.84. The molecule has 1 saturated heterocycles. The van der Waals surface area contributed by atoms with E-state index in [9.17, 15) is 0 Å². The van der Waals surface area contributed by atoms with Gasteiger partial charge >= 0.3 is 0 Å². The van der Waals surface area contributed by atoms with E-state index in [-0.39, 0.29) is 0 Å². The lowest BCUT2D eigenvalue weighted by Crippen LogP contribution is -2.29. The number of aromatic nitrogens is 1. The van der Waals surface area contributed by atoms with Gasteiger partial charge in [-0.15, -0.1) is 11.3 Å². The highest BCUT2D eigenvalue weighted by atomic mass is 32.1. The summed E-state index contributed by atoms with van der Waals surface area (Å²) < 4.78 is 0. The van der Waals surface area contributed by atoms with Crippen molar-refractivity contribution in [3.63, 3.8) is 0 Å². The molecule has 0 bridgehead atoms. The zero-order valence-corrected chi connectivity index (χ0v) is 15.3. The Labute approximate surface area is 145 Å². The van der Waals surface area contributed by atoms with Crippen molar-refractivity contribution >= 4 is 16.5 Å². The third kappa shape index (κ3) is 3.90. The monoisotopic (exact) mass is 333 g/mol. The first kappa shape index (κ1) is 15.9. The lowest BCUT2D eigenvalue weighted by atomic mass is 9.87. The second kappa shape index (κ2) is 7.52. The molecule has 3 aliphatic rings.